The standard InChI is InChI=1S/C53H76N4O14/c1-11-43-37(29-66-53-51(65-10)50(64-9)47(62)34(6)68-53)25-30(2)17-22-41(58)31(3)26-36(23-24-57-28-40(54-55-57)35-18-20-39(21-19-35)69-38-15-13-12-14-16-38)49(32(4)42(59)27-44(60)70-43)71-52-48(63)45(56(7)8)46(61)33(5)67-52/h12-22,25,28,31-34,36-37,42-43,45-53,59,61-63H,11,23-24,26-27,29H2,1-10H3/t31-,32+,33-,34?,36+,37-,42-,43-,45?,46-,47-,48?,49-,50+,51?,52+,53-/m1/s1. The van der Waals surface area contributed by atoms with E-state index >= 15 is 0 Å². The quantitative estimate of drug-likeness (QED) is 0.145. The Hall–Kier alpha value is -4.44. The fourth-order valence-corrected chi connectivity index (χ4v) is 9.84. The predicted octanol–water partition coefficient (Wildman–Crippen LogP) is 5.11. The van der Waals surface area contributed by atoms with Crippen LogP contribution in [0.1, 0.15) is 67.2 Å². The van der Waals surface area contributed by atoms with E-state index in [0.717, 1.165) is 11.3 Å². The molecule has 71 heavy (non-hydrogen) atoms. The number of likely N-dealkylation sites (N-methyl/N-ethyl adjacent to an activating group) is 1. The lowest BCUT2D eigenvalue weighted by molar-refractivity contribution is -0.304. The zero-order chi connectivity index (χ0) is 51.5. The molecule has 2 saturated heterocycles. The minimum Gasteiger partial charge on any atom is -0.462 e. The minimum absolute atomic E-state index is 0.00960. The Balaban J connectivity index is 1.28. The lowest BCUT2D eigenvalue weighted by Crippen LogP contribution is -2.63. The second-order valence-corrected chi connectivity index (χ2v) is 19.5. The van der Waals surface area contributed by atoms with Gasteiger partial charge in [-0.05, 0) is 103 Å². The zero-order valence-electron chi connectivity index (χ0n) is 42.7. The number of methoxy groups -OCH3 is 2. The van der Waals surface area contributed by atoms with Crippen molar-refractivity contribution in [1.82, 2.24) is 19.9 Å². The molecule has 3 aliphatic heterocycles. The largest absolute Gasteiger partial charge is 0.462 e. The number of rotatable bonds is 15. The number of hydrogen-bond acceptors (Lipinski definition) is 17. The molecule has 18 heteroatoms. The van der Waals surface area contributed by atoms with Crippen molar-refractivity contribution in [3.05, 3.63) is 84.6 Å². The second kappa shape index (κ2) is 26.0. The van der Waals surface area contributed by atoms with Crippen molar-refractivity contribution in [1.29, 1.82) is 0 Å². The Kier molecular flexibility index (Phi) is 20.4. The molecular weight excluding hydrogens is 917 g/mol. The molecule has 4 heterocycles. The van der Waals surface area contributed by atoms with Crippen LogP contribution < -0.4 is 4.74 Å². The molecule has 2 fully saturated rings. The van der Waals surface area contributed by atoms with E-state index in [2.05, 4.69) is 10.3 Å². The van der Waals surface area contributed by atoms with Gasteiger partial charge in [-0.15, -0.1) is 5.10 Å². The summed E-state index contributed by atoms with van der Waals surface area (Å²) < 4.78 is 50.4. The van der Waals surface area contributed by atoms with Crippen LogP contribution in [0.15, 0.2) is 84.6 Å². The van der Waals surface area contributed by atoms with Crippen LogP contribution in [-0.4, -0.2) is 167 Å². The number of aliphatic hydroxyl groups is 4. The van der Waals surface area contributed by atoms with Crippen LogP contribution in [0.5, 0.6) is 11.5 Å². The third kappa shape index (κ3) is 14.4. The number of allylic oxidation sites excluding steroid dienone is 3. The third-order valence-electron chi connectivity index (χ3n) is 14.1. The highest BCUT2D eigenvalue weighted by Gasteiger charge is 2.48. The molecule has 2 aromatic carbocycles. The fourth-order valence-electron chi connectivity index (χ4n) is 9.84. The van der Waals surface area contributed by atoms with E-state index in [-0.39, 0.29) is 18.8 Å². The SMILES string of the molecule is CC[C@H]1OC(=O)C[C@@H](O)[C@H](C)[C@@H](O[C@@H]2O[C@H](C)[C@@H](O)C(N(C)C)C2O)[C@@H](CCn2cc(-c3ccc(Oc4ccccc4)cc3)nn2)C[C@@H](C)C(=O)C=CC(C)=C[C@@H]1CO[C@@H]1OC(C)[C@@H](O)[C@H](OC)C1OC. The Labute approximate surface area is 417 Å². The average Bonchev–Trinajstić information content (AvgIpc) is 3.83. The van der Waals surface area contributed by atoms with Gasteiger partial charge in [-0.25, -0.2) is 0 Å². The molecule has 4 unspecified atom stereocenters. The third-order valence-corrected chi connectivity index (χ3v) is 14.1. The van der Waals surface area contributed by atoms with Crippen LogP contribution in [0.2, 0.25) is 0 Å². The number of carbonyl (C=O) groups excluding carboxylic acids is 2. The summed E-state index contributed by atoms with van der Waals surface area (Å²) >= 11 is 0. The number of nitrogens with zero attached hydrogens (tertiary/aromatic N) is 4. The Bertz CT molecular complexity index is 2190. The van der Waals surface area contributed by atoms with Gasteiger partial charge in [0.25, 0.3) is 0 Å². The molecule has 17 atom stereocenters. The van der Waals surface area contributed by atoms with Gasteiger partial charge in [0.05, 0.1) is 55.8 Å². The van der Waals surface area contributed by atoms with Crippen molar-refractivity contribution in [2.75, 3.05) is 34.9 Å². The number of esters is 1. The van der Waals surface area contributed by atoms with Crippen LogP contribution in [0, 0.1) is 23.7 Å². The Morgan fingerprint density at radius 3 is 2.14 bits per heavy atom. The molecule has 0 aliphatic carbocycles. The maximum atomic E-state index is 14.1. The van der Waals surface area contributed by atoms with Crippen LogP contribution in [0.3, 0.4) is 0 Å². The smallest absolute Gasteiger partial charge is 0.308 e. The number of aromatic nitrogens is 3. The summed E-state index contributed by atoms with van der Waals surface area (Å²) in [6, 6.07) is 16.3. The molecule has 0 amide bonds. The number of benzene rings is 2. The first-order valence-corrected chi connectivity index (χ1v) is 24.8. The molecule has 3 aromatic rings. The van der Waals surface area contributed by atoms with Gasteiger partial charge in [-0.1, -0.05) is 61.9 Å². The first-order valence-electron chi connectivity index (χ1n) is 24.8. The maximum Gasteiger partial charge on any atom is 0.308 e. The molecule has 0 saturated carbocycles. The summed E-state index contributed by atoms with van der Waals surface area (Å²) in [5.41, 5.74) is 2.18. The molecular formula is C53H76N4O14. The van der Waals surface area contributed by atoms with Crippen molar-refractivity contribution in [2.24, 2.45) is 23.7 Å². The Morgan fingerprint density at radius 2 is 1.48 bits per heavy atom. The lowest BCUT2D eigenvalue weighted by Gasteiger charge is -2.46. The Morgan fingerprint density at radius 1 is 0.817 bits per heavy atom. The van der Waals surface area contributed by atoms with Gasteiger partial charge < -0.3 is 63.2 Å². The van der Waals surface area contributed by atoms with Crippen LogP contribution in [-0.2, 0) is 49.3 Å². The van der Waals surface area contributed by atoms with Crippen molar-refractivity contribution >= 4 is 11.8 Å². The van der Waals surface area contributed by atoms with Crippen molar-refractivity contribution < 1.29 is 67.9 Å². The van der Waals surface area contributed by atoms with Gasteiger partial charge >= 0.3 is 5.97 Å². The maximum absolute atomic E-state index is 14.1. The van der Waals surface area contributed by atoms with E-state index in [1.165, 1.54) is 20.3 Å². The van der Waals surface area contributed by atoms with Gasteiger partial charge in [-0.3, -0.25) is 14.3 Å². The minimum atomic E-state index is -1.31. The molecule has 4 N–H and O–H groups in total. The van der Waals surface area contributed by atoms with E-state index in [9.17, 15) is 30.0 Å². The molecule has 18 nitrogen and oxygen atoms in total. The number of aliphatic hydroxyl groups excluding tert-OH is 4. The number of hydrogen-bond donors (Lipinski definition) is 4. The lowest BCUT2D eigenvalue weighted by atomic mass is 9.79. The van der Waals surface area contributed by atoms with Crippen LogP contribution in [0.4, 0.5) is 0 Å². The monoisotopic (exact) mass is 993 g/mol. The van der Waals surface area contributed by atoms with Crippen LogP contribution >= 0.6 is 0 Å². The predicted molar refractivity (Wildman–Crippen MR) is 262 cm³/mol. The van der Waals surface area contributed by atoms with Gasteiger partial charge in [0.2, 0.25) is 0 Å². The number of para-hydroxylation sites is 1. The average molecular weight is 993 g/mol. The summed E-state index contributed by atoms with van der Waals surface area (Å²) in [6.45, 7) is 11.1. The molecule has 1 aromatic heterocycles. The summed E-state index contributed by atoms with van der Waals surface area (Å²) in [7, 11) is 6.45. The van der Waals surface area contributed by atoms with Gasteiger partial charge in [0.15, 0.2) is 18.4 Å². The number of cyclic esters (lactones) is 1. The summed E-state index contributed by atoms with van der Waals surface area (Å²) in [4.78, 5) is 29.8. The summed E-state index contributed by atoms with van der Waals surface area (Å²) in [6.07, 6.45) is -3.60. The van der Waals surface area contributed by atoms with Crippen molar-refractivity contribution in [3.63, 3.8) is 0 Å². The van der Waals surface area contributed by atoms with Gasteiger partial charge in [-0.2, -0.15) is 0 Å². The highest BCUT2D eigenvalue weighted by atomic mass is 16.7. The summed E-state index contributed by atoms with van der Waals surface area (Å²) in [5.74, 6) is -1.74. The first kappa shape index (κ1) is 55.9. The van der Waals surface area contributed by atoms with Crippen molar-refractivity contribution in [3.8, 4) is 22.8 Å². The summed E-state index contributed by atoms with van der Waals surface area (Å²) in [5, 5.41) is 54.5. The van der Waals surface area contributed by atoms with Crippen molar-refractivity contribution in [2.45, 2.75) is 153 Å². The fraction of sp³-hybridized carbons (Fsp3) is 0.623. The van der Waals surface area contributed by atoms with E-state index in [1.807, 2.05) is 87.6 Å². The second-order valence-electron chi connectivity index (χ2n) is 19.5. The molecule has 3 aliphatic rings. The van der Waals surface area contributed by atoms with E-state index in [1.54, 1.807) is 50.5 Å². The highest BCUT2D eigenvalue weighted by Crippen LogP contribution is 2.36. The molecule has 392 valence electrons. The molecule has 0 bridgehead atoms. The topological polar surface area (TPSA) is 223 Å². The van der Waals surface area contributed by atoms with Gasteiger partial charge in [0.1, 0.15) is 47.7 Å². The van der Waals surface area contributed by atoms with Crippen LogP contribution in [0.25, 0.3) is 11.3 Å². The zero-order valence-corrected chi connectivity index (χ0v) is 42.7. The normalized spacial score (nSPS) is 34.7. The highest BCUT2D eigenvalue weighted by molar-refractivity contribution is 5.91. The molecule has 0 radical (unpaired) electrons. The van der Waals surface area contributed by atoms with E-state index < -0.39 is 116 Å². The van der Waals surface area contributed by atoms with E-state index in [4.69, 9.17) is 37.9 Å². The number of ether oxygens (including phenoxy) is 8. The molecule has 0 spiro atoms. The number of aryl methyl sites for hydroxylation is 1. The van der Waals surface area contributed by atoms with Gasteiger partial charge in [0, 0.05) is 44.1 Å². The number of ketones is 1. The molecule has 6 rings (SSSR count). The first-order chi connectivity index (χ1) is 33.9. The van der Waals surface area contributed by atoms with E-state index in [0.29, 0.717) is 36.4 Å². The number of carbonyl (C=O) groups is 2.